The molecule has 1 aliphatic carbocycles. The van der Waals surface area contributed by atoms with Gasteiger partial charge in [0.1, 0.15) is 4.88 Å². The van der Waals surface area contributed by atoms with Crippen molar-refractivity contribution in [2.45, 2.75) is 32.6 Å². The van der Waals surface area contributed by atoms with Crippen LogP contribution in [0.4, 0.5) is 10.7 Å². The molecule has 1 saturated carbocycles. The van der Waals surface area contributed by atoms with Gasteiger partial charge in [0.25, 0.3) is 5.91 Å². The summed E-state index contributed by atoms with van der Waals surface area (Å²) in [4.78, 5) is 12.5. The van der Waals surface area contributed by atoms with Gasteiger partial charge < -0.3 is 16.4 Å². The van der Waals surface area contributed by atoms with Crippen LogP contribution in [0, 0.1) is 0 Å². The maximum Gasteiger partial charge on any atom is 0.263 e. The first-order chi connectivity index (χ1) is 8.19. The zero-order valence-corrected chi connectivity index (χ0v) is 11.1. The Morgan fingerprint density at radius 1 is 1.41 bits per heavy atom. The SMILES string of the molecule is CCNC(=O)c1sc(NCC)c(C2CC2)c1N. The number of amides is 1. The van der Waals surface area contributed by atoms with Crippen molar-refractivity contribution in [1.29, 1.82) is 0 Å². The summed E-state index contributed by atoms with van der Waals surface area (Å²) in [5.41, 5.74) is 7.96. The number of rotatable bonds is 5. The van der Waals surface area contributed by atoms with Crippen molar-refractivity contribution in [3.05, 3.63) is 10.4 Å². The molecule has 0 atom stereocenters. The van der Waals surface area contributed by atoms with Crippen molar-refractivity contribution in [3.8, 4) is 0 Å². The van der Waals surface area contributed by atoms with Crippen LogP contribution in [0.5, 0.6) is 0 Å². The maximum atomic E-state index is 11.9. The Morgan fingerprint density at radius 3 is 2.65 bits per heavy atom. The molecule has 2 rings (SSSR count). The molecule has 0 saturated heterocycles. The van der Waals surface area contributed by atoms with Crippen LogP contribution >= 0.6 is 11.3 Å². The minimum absolute atomic E-state index is 0.0546. The fraction of sp³-hybridized carbons (Fsp3) is 0.583. The van der Waals surface area contributed by atoms with Gasteiger partial charge in [0, 0.05) is 18.7 Å². The smallest absolute Gasteiger partial charge is 0.263 e. The quantitative estimate of drug-likeness (QED) is 0.754. The summed E-state index contributed by atoms with van der Waals surface area (Å²) in [5.74, 6) is 0.504. The number of anilines is 2. The molecular formula is C12H19N3OS. The fourth-order valence-electron chi connectivity index (χ4n) is 1.94. The summed E-state index contributed by atoms with van der Waals surface area (Å²) in [6.07, 6.45) is 2.38. The molecule has 0 bridgehead atoms. The van der Waals surface area contributed by atoms with Gasteiger partial charge in [-0.1, -0.05) is 0 Å². The first-order valence-electron chi connectivity index (χ1n) is 6.13. The van der Waals surface area contributed by atoms with Gasteiger partial charge in [-0.25, -0.2) is 0 Å². The number of carbonyl (C=O) groups is 1. The van der Waals surface area contributed by atoms with Crippen molar-refractivity contribution in [3.63, 3.8) is 0 Å². The molecule has 0 spiro atoms. The highest BCUT2D eigenvalue weighted by molar-refractivity contribution is 7.18. The van der Waals surface area contributed by atoms with E-state index < -0.39 is 0 Å². The lowest BCUT2D eigenvalue weighted by Crippen LogP contribution is -2.22. The van der Waals surface area contributed by atoms with E-state index in [1.54, 1.807) is 0 Å². The Labute approximate surface area is 106 Å². The highest BCUT2D eigenvalue weighted by atomic mass is 32.1. The summed E-state index contributed by atoms with van der Waals surface area (Å²) < 4.78 is 0. The van der Waals surface area contributed by atoms with E-state index in [1.165, 1.54) is 24.2 Å². The second-order valence-corrected chi connectivity index (χ2v) is 5.27. The van der Waals surface area contributed by atoms with Crippen LogP contribution in [0.3, 0.4) is 0 Å². The van der Waals surface area contributed by atoms with E-state index in [2.05, 4.69) is 17.6 Å². The van der Waals surface area contributed by atoms with Crippen LogP contribution in [0.25, 0.3) is 0 Å². The molecule has 17 heavy (non-hydrogen) atoms. The van der Waals surface area contributed by atoms with E-state index in [9.17, 15) is 4.79 Å². The number of thiophene rings is 1. The minimum atomic E-state index is -0.0546. The third kappa shape index (κ3) is 2.39. The predicted molar refractivity (Wildman–Crippen MR) is 72.9 cm³/mol. The van der Waals surface area contributed by atoms with Crippen LogP contribution in [0.15, 0.2) is 0 Å². The molecule has 0 radical (unpaired) electrons. The average molecular weight is 253 g/mol. The summed E-state index contributed by atoms with van der Waals surface area (Å²) in [6, 6.07) is 0. The van der Waals surface area contributed by atoms with Gasteiger partial charge in [-0.3, -0.25) is 4.79 Å². The third-order valence-corrected chi connectivity index (χ3v) is 4.03. The monoisotopic (exact) mass is 253 g/mol. The Kier molecular flexibility index (Phi) is 3.57. The van der Waals surface area contributed by atoms with Crippen molar-refractivity contribution in [2.75, 3.05) is 24.1 Å². The topological polar surface area (TPSA) is 67.2 Å². The van der Waals surface area contributed by atoms with Crippen molar-refractivity contribution in [2.24, 2.45) is 0 Å². The molecule has 0 aliphatic heterocycles. The standard InChI is InChI=1S/C12H19N3OS/c1-3-14-11(16)10-9(13)8(7-5-6-7)12(17-10)15-4-2/h7,15H,3-6,13H2,1-2H3,(H,14,16). The average Bonchev–Trinajstić information content (AvgIpc) is 3.06. The molecule has 1 aromatic rings. The Hall–Kier alpha value is -1.23. The molecule has 1 fully saturated rings. The molecule has 0 unspecified atom stereocenters. The molecule has 4 nitrogen and oxygen atoms in total. The molecular weight excluding hydrogens is 234 g/mol. The van der Waals surface area contributed by atoms with Crippen LogP contribution in [-0.4, -0.2) is 19.0 Å². The molecule has 1 aliphatic rings. The first-order valence-corrected chi connectivity index (χ1v) is 6.94. The number of carbonyl (C=O) groups excluding carboxylic acids is 1. The number of hydrogen-bond donors (Lipinski definition) is 3. The molecule has 1 heterocycles. The van der Waals surface area contributed by atoms with Gasteiger partial charge in [0.15, 0.2) is 0 Å². The lowest BCUT2D eigenvalue weighted by Gasteiger charge is -2.04. The van der Waals surface area contributed by atoms with Gasteiger partial charge in [0.05, 0.1) is 10.7 Å². The van der Waals surface area contributed by atoms with E-state index in [0.29, 0.717) is 23.0 Å². The van der Waals surface area contributed by atoms with Crippen LogP contribution < -0.4 is 16.4 Å². The summed E-state index contributed by atoms with van der Waals surface area (Å²) in [5, 5.41) is 7.20. The zero-order chi connectivity index (χ0) is 12.4. The minimum Gasteiger partial charge on any atom is -0.397 e. The van der Waals surface area contributed by atoms with E-state index in [1.807, 2.05) is 6.92 Å². The van der Waals surface area contributed by atoms with E-state index in [0.717, 1.165) is 17.1 Å². The van der Waals surface area contributed by atoms with Gasteiger partial charge in [-0.05, 0) is 32.6 Å². The Morgan fingerprint density at radius 2 is 2.12 bits per heavy atom. The molecule has 94 valence electrons. The molecule has 1 amide bonds. The van der Waals surface area contributed by atoms with Crippen LogP contribution in [-0.2, 0) is 0 Å². The number of nitrogens with two attached hydrogens (primary N) is 1. The third-order valence-electron chi connectivity index (χ3n) is 2.85. The predicted octanol–water partition coefficient (Wildman–Crippen LogP) is 2.39. The molecule has 4 N–H and O–H groups in total. The largest absolute Gasteiger partial charge is 0.397 e. The van der Waals surface area contributed by atoms with Gasteiger partial charge >= 0.3 is 0 Å². The van der Waals surface area contributed by atoms with Crippen molar-refractivity contribution < 1.29 is 4.79 Å². The van der Waals surface area contributed by atoms with Crippen molar-refractivity contribution in [1.82, 2.24) is 5.32 Å². The Balaban J connectivity index is 2.33. The summed E-state index contributed by atoms with van der Waals surface area (Å²) in [7, 11) is 0. The highest BCUT2D eigenvalue weighted by Gasteiger charge is 2.32. The first kappa shape index (κ1) is 12.2. The van der Waals surface area contributed by atoms with Gasteiger partial charge in [0.2, 0.25) is 0 Å². The van der Waals surface area contributed by atoms with Gasteiger partial charge in [-0.15, -0.1) is 11.3 Å². The zero-order valence-electron chi connectivity index (χ0n) is 10.3. The number of nitrogen functional groups attached to an aromatic ring is 1. The lowest BCUT2D eigenvalue weighted by molar-refractivity contribution is 0.0960. The highest BCUT2D eigenvalue weighted by Crippen LogP contribution is 2.50. The summed E-state index contributed by atoms with van der Waals surface area (Å²) in [6.45, 7) is 5.45. The molecule has 5 heteroatoms. The second kappa shape index (κ2) is 4.96. The van der Waals surface area contributed by atoms with Crippen LogP contribution in [0.1, 0.15) is 47.8 Å². The Bertz CT molecular complexity index is 424. The van der Waals surface area contributed by atoms with Gasteiger partial charge in [-0.2, -0.15) is 0 Å². The normalized spacial score (nSPS) is 14.7. The van der Waals surface area contributed by atoms with Crippen LogP contribution in [0.2, 0.25) is 0 Å². The number of nitrogens with one attached hydrogen (secondary N) is 2. The maximum absolute atomic E-state index is 11.9. The molecule has 1 aromatic heterocycles. The van der Waals surface area contributed by atoms with Crippen molar-refractivity contribution >= 4 is 27.9 Å². The number of hydrogen-bond acceptors (Lipinski definition) is 4. The summed E-state index contributed by atoms with van der Waals surface area (Å²) >= 11 is 1.48. The van der Waals surface area contributed by atoms with E-state index >= 15 is 0 Å². The molecule has 0 aromatic carbocycles. The van der Waals surface area contributed by atoms with E-state index in [-0.39, 0.29) is 5.91 Å². The fourth-order valence-corrected chi connectivity index (χ4v) is 3.13. The second-order valence-electron chi connectivity index (χ2n) is 4.25. The lowest BCUT2D eigenvalue weighted by atomic mass is 10.1. The van der Waals surface area contributed by atoms with E-state index in [4.69, 9.17) is 5.73 Å².